The highest BCUT2D eigenvalue weighted by Gasteiger charge is 2.35. The molecule has 1 fully saturated rings. The van der Waals surface area contributed by atoms with Gasteiger partial charge < -0.3 is 24.8 Å². The molecular weight excluding hydrogens is 420 g/mol. The van der Waals surface area contributed by atoms with E-state index >= 15 is 0 Å². The standard InChI is InChI=1S/C26H26N2O5/c1-32-23-10-6-5-9-20(23)15-28-22(16-33-17-24(28)29)25(30)18-11-13-21(14-12-18)27-26(31)19-7-3-2-4-8-19/h2-14,22,25,30H,15-17H2,1H3,(H,27,31)/t22-,25-/m1/s1. The first-order chi connectivity index (χ1) is 16.1. The summed E-state index contributed by atoms with van der Waals surface area (Å²) >= 11 is 0. The van der Waals surface area contributed by atoms with Crippen molar-refractivity contribution < 1.29 is 24.2 Å². The number of aliphatic hydroxyl groups excluding tert-OH is 1. The van der Waals surface area contributed by atoms with Gasteiger partial charge in [-0.2, -0.15) is 0 Å². The molecule has 33 heavy (non-hydrogen) atoms. The molecule has 1 heterocycles. The fraction of sp³-hybridized carbons (Fsp3) is 0.231. The van der Waals surface area contributed by atoms with Gasteiger partial charge in [-0.05, 0) is 35.9 Å². The van der Waals surface area contributed by atoms with Gasteiger partial charge in [-0.25, -0.2) is 0 Å². The Balaban J connectivity index is 1.48. The van der Waals surface area contributed by atoms with Gasteiger partial charge in [0.1, 0.15) is 18.5 Å². The number of para-hydroxylation sites is 1. The topological polar surface area (TPSA) is 88.1 Å². The number of amides is 2. The number of carbonyl (C=O) groups is 2. The fourth-order valence-electron chi connectivity index (χ4n) is 3.89. The average Bonchev–Trinajstić information content (AvgIpc) is 2.86. The summed E-state index contributed by atoms with van der Waals surface area (Å²) in [5.74, 6) is 0.282. The molecule has 0 spiro atoms. The lowest BCUT2D eigenvalue weighted by molar-refractivity contribution is -0.155. The Morgan fingerprint density at radius 1 is 1.09 bits per heavy atom. The van der Waals surface area contributed by atoms with E-state index in [0.717, 1.165) is 5.56 Å². The minimum atomic E-state index is -0.956. The van der Waals surface area contributed by atoms with Crippen molar-refractivity contribution >= 4 is 17.5 Å². The maximum atomic E-state index is 12.7. The summed E-state index contributed by atoms with van der Waals surface area (Å²) in [6, 6.07) is 22.8. The van der Waals surface area contributed by atoms with Gasteiger partial charge >= 0.3 is 0 Å². The number of hydrogen-bond donors (Lipinski definition) is 2. The highest BCUT2D eigenvalue weighted by molar-refractivity contribution is 6.04. The highest BCUT2D eigenvalue weighted by Crippen LogP contribution is 2.28. The average molecular weight is 447 g/mol. The Hall–Kier alpha value is -3.68. The first kappa shape index (κ1) is 22.5. The number of aliphatic hydroxyl groups is 1. The number of rotatable bonds is 7. The van der Waals surface area contributed by atoms with Gasteiger partial charge in [0, 0.05) is 23.4 Å². The molecule has 0 bridgehead atoms. The number of carbonyl (C=O) groups excluding carboxylic acids is 2. The van der Waals surface area contributed by atoms with Crippen molar-refractivity contribution in [3.05, 3.63) is 95.6 Å². The molecule has 2 amide bonds. The molecule has 7 nitrogen and oxygen atoms in total. The van der Waals surface area contributed by atoms with Crippen molar-refractivity contribution in [3.63, 3.8) is 0 Å². The van der Waals surface area contributed by atoms with E-state index < -0.39 is 12.1 Å². The zero-order valence-corrected chi connectivity index (χ0v) is 18.3. The molecule has 0 unspecified atom stereocenters. The van der Waals surface area contributed by atoms with E-state index in [1.54, 1.807) is 60.5 Å². The van der Waals surface area contributed by atoms with E-state index in [0.29, 0.717) is 29.1 Å². The molecule has 2 atom stereocenters. The van der Waals surface area contributed by atoms with Crippen LogP contribution in [-0.4, -0.2) is 48.2 Å². The molecule has 0 radical (unpaired) electrons. The molecule has 170 valence electrons. The van der Waals surface area contributed by atoms with Crippen LogP contribution in [0.4, 0.5) is 5.69 Å². The molecule has 1 saturated heterocycles. The number of hydrogen-bond acceptors (Lipinski definition) is 5. The molecular formula is C26H26N2O5. The number of ether oxygens (including phenoxy) is 2. The van der Waals surface area contributed by atoms with Gasteiger partial charge in [-0.15, -0.1) is 0 Å². The van der Waals surface area contributed by atoms with Crippen LogP contribution in [0.25, 0.3) is 0 Å². The van der Waals surface area contributed by atoms with Crippen LogP contribution in [0, 0.1) is 0 Å². The van der Waals surface area contributed by atoms with Gasteiger partial charge in [0.2, 0.25) is 5.91 Å². The van der Waals surface area contributed by atoms with Crippen molar-refractivity contribution in [2.24, 2.45) is 0 Å². The number of anilines is 1. The van der Waals surface area contributed by atoms with Crippen LogP contribution in [0.3, 0.4) is 0 Å². The molecule has 3 aromatic carbocycles. The van der Waals surface area contributed by atoms with Gasteiger partial charge in [-0.3, -0.25) is 9.59 Å². The number of nitrogens with zero attached hydrogens (tertiary/aromatic N) is 1. The number of methoxy groups -OCH3 is 1. The maximum absolute atomic E-state index is 12.7. The van der Waals surface area contributed by atoms with Crippen LogP contribution in [0.15, 0.2) is 78.9 Å². The van der Waals surface area contributed by atoms with Gasteiger partial charge in [0.15, 0.2) is 0 Å². The predicted octanol–water partition coefficient (Wildman–Crippen LogP) is 3.41. The first-order valence-corrected chi connectivity index (χ1v) is 10.7. The zero-order chi connectivity index (χ0) is 23.2. The van der Waals surface area contributed by atoms with E-state index in [1.807, 2.05) is 30.3 Å². The van der Waals surface area contributed by atoms with Crippen molar-refractivity contribution in [2.75, 3.05) is 25.6 Å². The summed E-state index contributed by atoms with van der Waals surface area (Å²) in [5.41, 5.74) is 2.65. The molecule has 1 aliphatic heterocycles. The van der Waals surface area contributed by atoms with Crippen molar-refractivity contribution in [1.82, 2.24) is 4.90 Å². The Morgan fingerprint density at radius 3 is 2.52 bits per heavy atom. The molecule has 0 aliphatic carbocycles. The van der Waals surface area contributed by atoms with Crippen molar-refractivity contribution in [2.45, 2.75) is 18.7 Å². The molecule has 7 heteroatoms. The normalized spacial score (nSPS) is 16.8. The van der Waals surface area contributed by atoms with Crippen LogP contribution in [0.1, 0.15) is 27.6 Å². The van der Waals surface area contributed by atoms with E-state index in [9.17, 15) is 14.7 Å². The lowest BCUT2D eigenvalue weighted by atomic mass is 9.99. The highest BCUT2D eigenvalue weighted by atomic mass is 16.5. The SMILES string of the molecule is COc1ccccc1CN1C(=O)COC[C@@H]1[C@H](O)c1ccc(NC(=O)c2ccccc2)cc1. The predicted molar refractivity (Wildman–Crippen MR) is 124 cm³/mol. The van der Waals surface area contributed by atoms with Gasteiger partial charge in [-0.1, -0.05) is 48.5 Å². The monoisotopic (exact) mass is 446 g/mol. The summed E-state index contributed by atoms with van der Waals surface area (Å²) in [6.45, 7) is 0.497. The van der Waals surface area contributed by atoms with E-state index in [4.69, 9.17) is 9.47 Å². The second-order valence-corrected chi connectivity index (χ2v) is 7.80. The molecule has 1 aliphatic rings. The number of benzene rings is 3. The Morgan fingerprint density at radius 2 is 1.79 bits per heavy atom. The van der Waals surface area contributed by atoms with Crippen LogP contribution in [0.2, 0.25) is 0 Å². The quantitative estimate of drug-likeness (QED) is 0.581. The van der Waals surface area contributed by atoms with Crippen molar-refractivity contribution in [3.8, 4) is 5.75 Å². The third-order valence-corrected chi connectivity index (χ3v) is 5.68. The van der Waals surface area contributed by atoms with E-state index in [1.165, 1.54) is 0 Å². The van der Waals surface area contributed by atoms with E-state index in [-0.39, 0.29) is 25.0 Å². The molecule has 0 aromatic heterocycles. The van der Waals surface area contributed by atoms with Crippen LogP contribution >= 0.6 is 0 Å². The lowest BCUT2D eigenvalue weighted by Gasteiger charge is -2.38. The summed E-state index contributed by atoms with van der Waals surface area (Å²) in [5, 5.41) is 13.9. The zero-order valence-electron chi connectivity index (χ0n) is 18.3. The molecule has 3 aromatic rings. The number of nitrogens with one attached hydrogen (secondary N) is 1. The molecule has 0 saturated carbocycles. The fourth-order valence-corrected chi connectivity index (χ4v) is 3.89. The summed E-state index contributed by atoms with van der Waals surface area (Å²) in [4.78, 5) is 26.6. The van der Waals surface area contributed by atoms with Gasteiger partial charge in [0.25, 0.3) is 5.91 Å². The first-order valence-electron chi connectivity index (χ1n) is 10.7. The smallest absolute Gasteiger partial charge is 0.255 e. The summed E-state index contributed by atoms with van der Waals surface area (Å²) in [6.07, 6.45) is -0.956. The minimum absolute atomic E-state index is 0.0250. The summed E-state index contributed by atoms with van der Waals surface area (Å²) in [7, 11) is 1.59. The van der Waals surface area contributed by atoms with Crippen LogP contribution < -0.4 is 10.1 Å². The van der Waals surface area contributed by atoms with Crippen molar-refractivity contribution in [1.29, 1.82) is 0 Å². The van der Waals surface area contributed by atoms with Crippen LogP contribution in [0.5, 0.6) is 5.75 Å². The molecule has 4 rings (SSSR count). The second-order valence-electron chi connectivity index (χ2n) is 7.80. The number of morpholine rings is 1. The minimum Gasteiger partial charge on any atom is -0.496 e. The largest absolute Gasteiger partial charge is 0.496 e. The Labute approximate surface area is 192 Å². The van der Waals surface area contributed by atoms with Crippen LogP contribution in [-0.2, 0) is 16.1 Å². The van der Waals surface area contributed by atoms with E-state index in [2.05, 4.69) is 5.32 Å². The maximum Gasteiger partial charge on any atom is 0.255 e. The Kier molecular flexibility index (Phi) is 7.02. The third kappa shape index (κ3) is 5.22. The molecule has 2 N–H and O–H groups in total. The third-order valence-electron chi connectivity index (χ3n) is 5.68. The second kappa shape index (κ2) is 10.3. The summed E-state index contributed by atoms with van der Waals surface area (Å²) < 4.78 is 10.9. The Bertz CT molecular complexity index is 1100. The lowest BCUT2D eigenvalue weighted by Crippen LogP contribution is -2.51. The van der Waals surface area contributed by atoms with Gasteiger partial charge in [0.05, 0.1) is 19.8 Å².